The third-order valence-electron chi connectivity index (χ3n) is 4.91. The van der Waals surface area contributed by atoms with Gasteiger partial charge in [0.2, 0.25) is 5.91 Å². The second-order valence-electron chi connectivity index (χ2n) is 8.16. The molecule has 0 saturated carbocycles. The molecular formula is C27H39NO2. The van der Waals surface area contributed by atoms with E-state index in [0.29, 0.717) is 6.54 Å². The number of allylic oxidation sites excluding steroid dienone is 6. The van der Waals surface area contributed by atoms with E-state index in [0.717, 1.165) is 55.2 Å². The van der Waals surface area contributed by atoms with Gasteiger partial charge in [0.1, 0.15) is 0 Å². The zero-order valence-corrected chi connectivity index (χ0v) is 19.2. The van der Waals surface area contributed by atoms with Gasteiger partial charge in [-0.1, -0.05) is 65.3 Å². The number of hydrogen-bond donors (Lipinski definition) is 2. The summed E-state index contributed by atoms with van der Waals surface area (Å²) in [5.74, 6) is -0.0589. The molecular weight excluding hydrogens is 370 g/mol. The normalized spacial score (nSPS) is 12.6. The van der Waals surface area contributed by atoms with Crippen molar-refractivity contribution < 1.29 is 9.90 Å². The maximum absolute atomic E-state index is 12.0. The molecule has 3 heteroatoms. The number of hydrogen-bond acceptors (Lipinski definition) is 2. The Morgan fingerprint density at radius 1 is 0.867 bits per heavy atom. The molecule has 0 aromatic heterocycles. The van der Waals surface area contributed by atoms with Crippen LogP contribution in [-0.2, 0) is 11.3 Å². The lowest BCUT2D eigenvalue weighted by Crippen LogP contribution is -2.20. The Bertz CT molecular complexity index is 750. The molecule has 0 radical (unpaired) electrons. The first-order chi connectivity index (χ1) is 14.4. The molecule has 164 valence electrons. The molecule has 30 heavy (non-hydrogen) atoms. The van der Waals surface area contributed by atoms with E-state index in [1.54, 1.807) is 6.08 Å². The molecule has 1 aromatic rings. The summed E-state index contributed by atoms with van der Waals surface area (Å²) in [6, 6.07) is 9.90. The number of benzene rings is 1. The van der Waals surface area contributed by atoms with Gasteiger partial charge in [-0.15, -0.1) is 0 Å². The molecule has 0 fully saturated rings. The molecule has 1 amide bonds. The van der Waals surface area contributed by atoms with Gasteiger partial charge in [0.25, 0.3) is 0 Å². The Labute approximate surface area is 183 Å². The van der Waals surface area contributed by atoms with E-state index in [1.165, 1.54) is 11.1 Å². The molecule has 0 bridgehead atoms. The van der Waals surface area contributed by atoms with Crippen LogP contribution in [0.5, 0.6) is 0 Å². The van der Waals surface area contributed by atoms with E-state index < -0.39 is 0 Å². The van der Waals surface area contributed by atoms with Crippen molar-refractivity contribution in [2.45, 2.75) is 72.8 Å². The van der Waals surface area contributed by atoms with Gasteiger partial charge < -0.3 is 10.4 Å². The molecule has 0 saturated heterocycles. The van der Waals surface area contributed by atoms with Gasteiger partial charge in [0, 0.05) is 12.6 Å². The highest BCUT2D eigenvalue weighted by Gasteiger charge is 2.00. The summed E-state index contributed by atoms with van der Waals surface area (Å²) in [5.41, 5.74) is 5.99. The van der Waals surface area contributed by atoms with Crippen molar-refractivity contribution in [3.63, 3.8) is 0 Å². The fourth-order valence-electron chi connectivity index (χ4n) is 3.08. The lowest BCUT2D eigenvalue weighted by molar-refractivity contribution is -0.116. The van der Waals surface area contributed by atoms with Crippen LogP contribution in [0.15, 0.2) is 76.9 Å². The van der Waals surface area contributed by atoms with E-state index in [4.69, 9.17) is 0 Å². The van der Waals surface area contributed by atoms with Crippen LogP contribution >= 0.6 is 0 Å². The Hall–Kier alpha value is -2.39. The predicted molar refractivity (Wildman–Crippen MR) is 128 cm³/mol. The molecule has 0 aliphatic heterocycles. The van der Waals surface area contributed by atoms with Crippen LogP contribution in [0.3, 0.4) is 0 Å². The second kappa shape index (κ2) is 15.4. The summed E-state index contributed by atoms with van der Waals surface area (Å²) in [6.45, 7) is 9.06. The van der Waals surface area contributed by atoms with Crippen LogP contribution in [0.4, 0.5) is 0 Å². The van der Waals surface area contributed by atoms with Crippen LogP contribution in [0.2, 0.25) is 0 Å². The van der Waals surface area contributed by atoms with Crippen LogP contribution in [-0.4, -0.2) is 17.6 Å². The molecule has 3 nitrogen and oxygen atoms in total. The summed E-state index contributed by atoms with van der Waals surface area (Å²) < 4.78 is 0. The number of rotatable bonds is 13. The summed E-state index contributed by atoms with van der Waals surface area (Å²) in [5, 5.41) is 12.5. The topological polar surface area (TPSA) is 49.3 Å². The lowest BCUT2D eigenvalue weighted by atomic mass is 10.0. The minimum atomic E-state index is -0.0589. The number of amides is 1. The van der Waals surface area contributed by atoms with Gasteiger partial charge in [0.15, 0.2) is 0 Å². The first-order valence-electron chi connectivity index (χ1n) is 11.0. The minimum absolute atomic E-state index is 0.0589. The largest absolute Gasteiger partial charge is 0.392 e. The lowest BCUT2D eigenvalue weighted by Gasteiger charge is -2.05. The number of carbonyl (C=O) groups excluding carboxylic acids is 1. The first kappa shape index (κ1) is 25.6. The molecule has 0 aliphatic rings. The zero-order valence-electron chi connectivity index (χ0n) is 19.2. The third kappa shape index (κ3) is 12.9. The van der Waals surface area contributed by atoms with Gasteiger partial charge >= 0.3 is 0 Å². The van der Waals surface area contributed by atoms with Crippen molar-refractivity contribution >= 4 is 5.91 Å². The van der Waals surface area contributed by atoms with E-state index in [9.17, 15) is 9.90 Å². The molecule has 2 N–H and O–H groups in total. The molecule has 0 spiro atoms. The number of aliphatic hydroxyl groups is 1. The molecule has 0 heterocycles. The summed E-state index contributed by atoms with van der Waals surface area (Å²) >= 11 is 0. The highest BCUT2D eigenvalue weighted by molar-refractivity contribution is 5.88. The Morgan fingerprint density at radius 3 is 2.17 bits per heavy atom. The van der Waals surface area contributed by atoms with Gasteiger partial charge in [0.05, 0.1) is 6.61 Å². The van der Waals surface area contributed by atoms with E-state index >= 15 is 0 Å². The van der Waals surface area contributed by atoms with E-state index in [2.05, 4.69) is 44.3 Å². The highest BCUT2D eigenvalue weighted by Crippen LogP contribution is 2.13. The average Bonchev–Trinajstić information content (AvgIpc) is 2.71. The van der Waals surface area contributed by atoms with Gasteiger partial charge in [-0.25, -0.2) is 0 Å². The van der Waals surface area contributed by atoms with E-state index in [-0.39, 0.29) is 12.5 Å². The van der Waals surface area contributed by atoms with Gasteiger partial charge in [-0.05, 0) is 77.4 Å². The zero-order chi connectivity index (χ0) is 22.2. The Kier molecular flexibility index (Phi) is 13.2. The second-order valence-corrected chi connectivity index (χ2v) is 8.16. The molecule has 0 aliphatic carbocycles. The van der Waals surface area contributed by atoms with Crippen LogP contribution in [0.25, 0.3) is 0 Å². The van der Waals surface area contributed by atoms with Gasteiger partial charge in [-0.2, -0.15) is 0 Å². The first-order valence-corrected chi connectivity index (χ1v) is 11.0. The molecule has 0 atom stereocenters. The Balaban J connectivity index is 2.35. The third-order valence-corrected chi connectivity index (χ3v) is 4.91. The molecule has 1 aromatic carbocycles. The number of aliphatic hydroxyl groups excluding tert-OH is 1. The fourth-order valence-corrected chi connectivity index (χ4v) is 3.08. The highest BCUT2D eigenvalue weighted by atomic mass is 16.3. The van der Waals surface area contributed by atoms with Crippen molar-refractivity contribution in [1.82, 2.24) is 5.32 Å². The number of nitrogens with one attached hydrogen (secondary N) is 1. The Morgan fingerprint density at radius 2 is 1.50 bits per heavy atom. The molecule has 1 rings (SSSR count). The smallest absolute Gasteiger partial charge is 0.244 e. The van der Waals surface area contributed by atoms with Crippen LogP contribution in [0.1, 0.15) is 71.8 Å². The van der Waals surface area contributed by atoms with Crippen molar-refractivity contribution in [2.75, 3.05) is 6.61 Å². The van der Waals surface area contributed by atoms with Gasteiger partial charge in [-0.3, -0.25) is 4.79 Å². The average molecular weight is 410 g/mol. The monoisotopic (exact) mass is 409 g/mol. The molecule has 0 unspecified atom stereocenters. The van der Waals surface area contributed by atoms with Crippen molar-refractivity contribution in [2.24, 2.45) is 0 Å². The van der Waals surface area contributed by atoms with Crippen molar-refractivity contribution in [3.8, 4) is 0 Å². The maximum atomic E-state index is 12.0. The maximum Gasteiger partial charge on any atom is 0.244 e. The van der Waals surface area contributed by atoms with Crippen LogP contribution in [0, 0.1) is 0 Å². The summed E-state index contributed by atoms with van der Waals surface area (Å²) in [7, 11) is 0. The van der Waals surface area contributed by atoms with E-state index in [1.807, 2.05) is 37.3 Å². The minimum Gasteiger partial charge on any atom is -0.392 e. The summed E-state index contributed by atoms with van der Waals surface area (Å²) in [4.78, 5) is 12.0. The SMILES string of the molecule is CC(C)=CCC/C(C)=C/CC/C(=C\CC/C(C)=C/C(=O)NCc1ccccc1)CO. The summed E-state index contributed by atoms with van der Waals surface area (Å²) in [6.07, 6.45) is 14.0. The predicted octanol–water partition coefficient (Wildman–Crippen LogP) is 6.42. The quantitative estimate of drug-likeness (QED) is 0.292. The van der Waals surface area contributed by atoms with Crippen molar-refractivity contribution in [1.29, 1.82) is 0 Å². The van der Waals surface area contributed by atoms with Crippen molar-refractivity contribution in [3.05, 3.63) is 82.5 Å². The van der Waals surface area contributed by atoms with Crippen LogP contribution < -0.4 is 5.32 Å². The fraction of sp³-hybridized carbons (Fsp3) is 0.444. The standard InChI is InChI=1S/C27H39NO2/c1-22(2)11-8-12-23(3)13-9-17-26(21-29)18-10-14-24(4)19-27(30)28-20-25-15-6-5-7-16-25/h5-7,11,13,15-16,18-19,29H,8-10,12,14,17,20-21H2,1-4H3,(H,28,30)/b23-13+,24-19+,26-18+. The number of carbonyl (C=O) groups is 1.